The van der Waals surface area contributed by atoms with E-state index in [0.717, 1.165) is 6.07 Å². The van der Waals surface area contributed by atoms with Crippen LogP contribution in [0.1, 0.15) is 37.1 Å². The van der Waals surface area contributed by atoms with Crippen molar-refractivity contribution in [3.05, 3.63) is 17.5 Å². The highest BCUT2D eigenvalue weighted by molar-refractivity contribution is 5.30. The zero-order valence-corrected chi connectivity index (χ0v) is 10.5. The molecule has 0 bridgehead atoms. The van der Waals surface area contributed by atoms with Gasteiger partial charge in [0.15, 0.2) is 0 Å². The summed E-state index contributed by atoms with van der Waals surface area (Å²) in [6, 6.07) is 0.946. The molecule has 106 valence electrons. The third-order valence-corrected chi connectivity index (χ3v) is 3.17. The summed E-state index contributed by atoms with van der Waals surface area (Å²) >= 11 is 0. The van der Waals surface area contributed by atoms with Crippen molar-refractivity contribution in [1.82, 2.24) is 9.97 Å². The standard InChI is InChI=1S/C12H16F3N3O/c1-7-6-10(12(13,14)15)18-11(16-7)17-8-2-4-9(19)5-3-8/h6,8-9,19H,2-5H2,1H3,(H,16,17,18). The zero-order valence-electron chi connectivity index (χ0n) is 10.5. The topological polar surface area (TPSA) is 58.0 Å². The van der Waals surface area contributed by atoms with Crippen LogP contribution in [0.5, 0.6) is 0 Å². The largest absolute Gasteiger partial charge is 0.433 e. The number of alkyl halides is 3. The summed E-state index contributed by atoms with van der Waals surface area (Å²) in [5.41, 5.74) is -0.654. The fraction of sp³-hybridized carbons (Fsp3) is 0.667. The van der Waals surface area contributed by atoms with Gasteiger partial charge in [-0.25, -0.2) is 9.97 Å². The molecule has 0 radical (unpaired) electrons. The Balaban J connectivity index is 2.10. The Bertz CT molecular complexity index is 442. The molecule has 1 aliphatic rings. The van der Waals surface area contributed by atoms with Gasteiger partial charge in [-0.05, 0) is 38.7 Å². The molecule has 4 nitrogen and oxygen atoms in total. The third kappa shape index (κ3) is 3.79. The van der Waals surface area contributed by atoms with E-state index in [-0.39, 0.29) is 23.8 Å². The van der Waals surface area contributed by atoms with Crippen LogP contribution in [0, 0.1) is 6.92 Å². The Labute approximate surface area is 109 Å². The van der Waals surface area contributed by atoms with E-state index in [1.165, 1.54) is 6.92 Å². The molecule has 1 aromatic heterocycles. The van der Waals surface area contributed by atoms with E-state index in [2.05, 4.69) is 15.3 Å². The molecule has 1 aromatic rings. The fourth-order valence-corrected chi connectivity index (χ4v) is 2.18. The molecule has 0 amide bonds. The van der Waals surface area contributed by atoms with E-state index < -0.39 is 11.9 Å². The van der Waals surface area contributed by atoms with Gasteiger partial charge in [-0.15, -0.1) is 0 Å². The first-order valence-corrected chi connectivity index (χ1v) is 6.22. The SMILES string of the molecule is Cc1cc(C(F)(F)F)nc(NC2CCC(O)CC2)n1. The minimum Gasteiger partial charge on any atom is -0.393 e. The summed E-state index contributed by atoms with van der Waals surface area (Å²) < 4.78 is 37.9. The Hall–Kier alpha value is -1.37. The molecule has 0 atom stereocenters. The fourth-order valence-electron chi connectivity index (χ4n) is 2.18. The van der Waals surface area contributed by atoms with Crippen molar-refractivity contribution in [2.24, 2.45) is 0 Å². The molecule has 2 N–H and O–H groups in total. The lowest BCUT2D eigenvalue weighted by molar-refractivity contribution is -0.141. The predicted molar refractivity (Wildman–Crippen MR) is 63.7 cm³/mol. The van der Waals surface area contributed by atoms with Crippen LogP contribution >= 0.6 is 0 Å². The molecule has 7 heteroatoms. The number of rotatable bonds is 2. The molecule has 0 unspecified atom stereocenters. The first-order valence-electron chi connectivity index (χ1n) is 6.22. The minimum atomic E-state index is -4.47. The van der Waals surface area contributed by atoms with E-state index in [1.807, 2.05) is 0 Å². The van der Waals surface area contributed by atoms with Gasteiger partial charge in [0.05, 0.1) is 6.10 Å². The first-order chi connectivity index (χ1) is 8.84. The van der Waals surface area contributed by atoms with Crippen molar-refractivity contribution < 1.29 is 18.3 Å². The zero-order chi connectivity index (χ0) is 14.0. The summed E-state index contributed by atoms with van der Waals surface area (Å²) in [5.74, 6) is 0.00807. The summed E-state index contributed by atoms with van der Waals surface area (Å²) in [7, 11) is 0. The normalized spacial score (nSPS) is 24.3. The van der Waals surface area contributed by atoms with Crippen LogP contribution in [0.25, 0.3) is 0 Å². The monoisotopic (exact) mass is 275 g/mol. The highest BCUT2D eigenvalue weighted by atomic mass is 19.4. The van der Waals surface area contributed by atoms with E-state index in [4.69, 9.17) is 0 Å². The lowest BCUT2D eigenvalue weighted by Crippen LogP contribution is -2.29. The number of aromatic nitrogens is 2. The molecule has 0 aliphatic heterocycles. The second kappa shape index (κ2) is 5.32. The third-order valence-electron chi connectivity index (χ3n) is 3.17. The molecular weight excluding hydrogens is 259 g/mol. The summed E-state index contributed by atoms with van der Waals surface area (Å²) in [4.78, 5) is 7.48. The number of nitrogens with zero attached hydrogens (tertiary/aromatic N) is 2. The van der Waals surface area contributed by atoms with E-state index >= 15 is 0 Å². The van der Waals surface area contributed by atoms with Crippen LogP contribution in [0.3, 0.4) is 0 Å². The Kier molecular flexibility index (Phi) is 3.93. The number of aliphatic hydroxyl groups is 1. The van der Waals surface area contributed by atoms with Crippen LogP contribution in [-0.2, 0) is 6.18 Å². The van der Waals surface area contributed by atoms with Gasteiger partial charge in [-0.2, -0.15) is 13.2 Å². The highest BCUT2D eigenvalue weighted by Gasteiger charge is 2.33. The number of anilines is 1. The molecule has 1 fully saturated rings. The van der Waals surface area contributed by atoms with Crippen molar-refractivity contribution in [3.8, 4) is 0 Å². The van der Waals surface area contributed by atoms with Gasteiger partial charge in [0.25, 0.3) is 0 Å². The van der Waals surface area contributed by atoms with E-state index in [1.54, 1.807) is 0 Å². The lowest BCUT2D eigenvalue weighted by atomic mass is 9.93. The van der Waals surface area contributed by atoms with Crippen molar-refractivity contribution in [1.29, 1.82) is 0 Å². The molecule has 1 saturated carbocycles. The maximum absolute atomic E-state index is 12.6. The van der Waals surface area contributed by atoms with Crippen LogP contribution in [0.2, 0.25) is 0 Å². The van der Waals surface area contributed by atoms with E-state index in [9.17, 15) is 18.3 Å². The Morgan fingerprint density at radius 2 is 1.84 bits per heavy atom. The Morgan fingerprint density at radius 3 is 2.42 bits per heavy atom. The van der Waals surface area contributed by atoms with Crippen LogP contribution < -0.4 is 5.32 Å². The minimum absolute atomic E-state index is 0.00807. The van der Waals surface area contributed by atoms with Crippen LogP contribution in [0.4, 0.5) is 19.1 Å². The smallest absolute Gasteiger partial charge is 0.393 e. The van der Waals surface area contributed by atoms with Gasteiger partial charge < -0.3 is 10.4 Å². The van der Waals surface area contributed by atoms with Gasteiger partial charge in [0.1, 0.15) is 5.69 Å². The number of hydrogen-bond donors (Lipinski definition) is 2. The average molecular weight is 275 g/mol. The molecule has 0 spiro atoms. The quantitative estimate of drug-likeness (QED) is 0.870. The van der Waals surface area contributed by atoms with Crippen LogP contribution in [-0.4, -0.2) is 27.2 Å². The average Bonchev–Trinajstić information content (AvgIpc) is 2.30. The molecule has 0 aromatic carbocycles. The maximum atomic E-state index is 12.6. The number of nitrogens with one attached hydrogen (secondary N) is 1. The van der Waals surface area contributed by atoms with Gasteiger partial charge in [0, 0.05) is 11.7 Å². The van der Waals surface area contributed by atoms with E-state index in [0.29, 0.717) is 25.7 Å². The van der Waals surface area contributed by atoms with Crippen molar-refractivity contribution >= 4 is 5.95 Å². The highest BCUT2D eigenvalue weighted by Crippen LogP contribution is 2.29. The molecule has 2 rings (SSSR count). The van der Waals surface area contributed by atoms with Crippen molar-refractivity contribution in [3.63, 3.8) is 0 Å². The summed E-state index contributed by atoms with van der Waals surface area (Å²) in [6.45, 7) is 1.51. The van der Waals surface area contributed by atoms with Gasteiger partial charge in [-0.1, -0.05) is 0 Å². The maximum Gasteiger partial charge on any atom is 0.433 e. The second-order valence-electron chi connectivity index (χ2n) is 4.87. The van der Waals surface area contributed by atoms with Gasteiger partial charge in [0.2, 0.25) is 5.95 Å². The van der Waals surface area contributed by atoms with Crippen LogP contribution in [0.15, 0.2) is 6.07 Å². The molecule has 1 heterocycles. The summed E-state index contributed by atoms with van der Waals surface area (Å²) in [6.07, 6.45) is -2.06. The Morgan fingerprint density at radius 1 is 1.21 bits per heavy atom. The first kappa shape index (κ1) is 14.0. The molecule has 0 saturated heterocycles. The number of aryl methyl sites for hydroxylation is 1. The molecule has 19 heavy (non-hydrogen) atoms. The van der Waals surface area contributed by atoms with Gasteiger partial charge >= 0.3 is 6.18 Å². The van der Waals surface area contributed by atoms with Gasteiger partial charge in [-0.3, -0.25) is 0 Å². The van der Waals surface area contributed by atoms with Crippen molar-refractivity contribution in [2.75, 3.05) is 5.32 Å². The number of aliphatic hydroxyl groups excluding tert-OH is 1. The summed E-state index contributed by atoms with van der Waals surface area (Å²) in [5, 5.41) is 12.3. The lowest BCUT2D eigenvalue weighted by Gasteiger charge is -2.26. The predicted octanol–water partition coefficient (Wildman–Crippen LogP) is 2.52. The second-order valence-corrected chi connectivity index (χ2v) is 4.87. The number of halogens is 3. The number of hydrogen-bond acceptors (Lipinski definition) is 4. The molecular formula is C12H16F3N3O. The molecule has 1 aliphatic carbocycles. The van der Waals surface area contributed by atoms with Crippen molar-refractivity contribution in [2.45, 2.75) is 50.9 Å².